The largest absolute Gasteiger partial charge is 0.507 e. The Kier molecular flexibility index (Phi) is 14.5. The summed E-state index contributed by atoms with van der Waals surface area (Å²) in [6.07, 6.45) is 1.91. The van der Waals surface area contributed by atoms with Gasteiger partial charge in [0.25, 0.3) is 0 Å². The number of aromatic hydroxyl groups is 1. The van der Waals surface area contributed by atoms with Gasteiger partial charge in [-0.3, -0.25) is 14.4 Å². The van der Waals surface area contributed by atoms with Gasteiger partial charge in [-0.2, -0.15) is 11.8 Å². The first-order chi connectivity index (χ1) is 18.6. The van der Waals surface area contributed by atoms with E-state index >= 15 is 0 Å². The Morgan fingerprint density at radius 3 is 2.33 bits per heavy atom. The summed E-state index contributed by atoms with van der Waals surface area (Å²) >= 11 is 3.20. The van der Waals surface area contributed by atoms with Gasteiger partial charge >= 0.3 is 11.9 Å². The number of ether oxygens (including phenoxy) is 4. The van der Waals surface area contributed by atoms with Crippen molar-refractivity contribution < 1.29 is 43.5 Å². The number of carbonyl (C=O) groups excluding carboxylic acids is 3. The van der Waals surface area contributed by atoms with Crippen molar-refractivity contribution in [3.05, 3.63) is 23.3 Å². The zero-order valence-corrected chi connectivity index (χ0v) is 25.0. The van der Waals surface area contributed by atoms with Crippen LogP contribution in [0.25, 0.3) is 0 Å². The lowest BCUT2D eigenvalue weighted by Crippen LogP contribution is -2.27. The summed E-state index contributed by atoms with van der Waals surface area (Å²) < 4.78 is 22.1. The molecule has 0 radical (unpaired) electrons. The monoisotopic (exact) mass is 586 g/mol. The highest BCUT2D eigenvalue weighted by atomic mass is 32.2. The Labute approximate surface area is 239 Å². The summed E-state index contributed by atoms with van der Waals surface area (Å²) in [6, 6.07) is 3.21. The minimum absolute atomic E-state index is 0.0555. The number of rotatable bonds is 18. The fourth-order valence-electron chi connectivity index (χ4n) is 4.24. The van der Waals surface area contributed by atoms with E-state index in [1.165, 1.54) is 6.92 Å². The third kappa shape index (κ3) is 10.9. The van der Waals surface area contributed by atoms with Crippen LogP contribution in [-0.4, -0.2) is 82.2 Å². The molecule has 2 unspecified atom stereocenters. The second-order valence-corrected chi connectivity index (χ2v) is 12.0. The first-order valence-corrected chi connectivity index (χ1v) is 15.5. The number of aliphatic hydroxyl groups excluding tert-OH is 1. The van der Waals surface area contributed by atoms with Crippen molar-refractivity contribution in [3.8, 4) is 11.5 Å². The molecular weight excluding hydrogens is 544 g/mol. The van der Waals surface area contributed by atoms with Crippen molar-refractivity contribution in [1.29, 1.82) is 0 Å². The highest BCUT2D eigenvalue weighted by Gasteiger charge is 2.41. The van der Waals surface area contributed by atoms with Crippen LogP contribution in [0.5, 0.6) is 11.5 Å². The molecule has 1 aromatic carbocycles. The van der Waals surface area contributed by atoms with Gasteiger partial charge in [0.2, 0.25) is 0 Å². The van der Waals surface area contributed by atoms with Gasteiger partial charge in [0, 0.05) is 35.2 Å². The average Bonchev–Trinajstić information content (AvgIpc) is 3.30. The summed E-state index contributed by atoms with van der Waals surface area (Å²) in [6.45, 7) is 8.09. The maximum atomic E-state index is 11.9. The number of aliphatic hydroxyl groups is 1. The van der Waals surface area contributed by atoms with Crippen LogP contribution in [0, 0.1) is 0 Å². The predicted molar refractivity (Wildman–Crippen MR) is 153 cm³/mol. The molecule has 0 bridgehead atoms. The summed E-state index contributed by atoms with van der Waals surface area (Å²) in [7, 11) is 0. The number of hydrogen-bond donors (Lipinski definition) is 2. The smallest absolute Gasteiger partial charge is 0.305 e. The lowest BCUT2D eigenvalue weighted by molar-refractivity contribution is -0.144. The van der Waals surface area contributed by atoms with Crippen LogP contribution in [0.2, 0.25) is 0 Å². The fourth-order valence-corrected chi connectivity index (χ4v) is 6.98. The number of thioether (sulfide) groups is 2. The second-order valence-electron chi connectivity index (χ2n) is 9.32. The van der Waals surface area contributed by atoms with Crippen LogP contribution in [0.4, 0.5) is 0 Å². The third-order valence-corrected chi connectivity index (χ3v) is 9.17. The van der Waals surface area contributed by atoms with Crippen LogP contribution in [0.15, 0.2) is 12.1 Å². The molecule has 1 aliphatic heterocycles. The molecule has 0 saturated carbocycles. The Morgan fingerprint density at radius 1 is 1.13 bits per heavy atom. The van der Waals surface area contributed by atoms with E-state index in [-0.39, 0.29) is 53.7 Å². The quantitative estimate of drug-likeness (QED) is 0.186. The van der Waals surface area contributed by atoms with E-state index in [4.69, 9.17) is 18.9 Å². The van der Waals surface area contributed by atoms with Crippen LogP contribution in [0.1, 0.15) is 75.7 Å². The molecule has 11 heteroatoms. The number of hydrogen-bond acceptors (Lipinski definition) is 11. The highest BCUT2D eigenvalue weighted by molar-refractivity contribution is 8.04. The van der Waals surface area contributed by atoms with E-state index in [0.29, 0.717) is 56.1 Å². The molecule has 1 fully saturated rings. The first kappa shape index (κ1) is 33.3. The molecule has 1 aliphatic rings. The van der Waals surface area contributed by atoms with Crippen molar-refractivity contribution in [2.24, 2.45) is 0 Å². The average molecular weight is 587 g/mol. The van der Waals surface area contributed by atoms with E-state index < -0.39 is 11.0 Å². The summed E-state index contributed by atoms with van der Waals surface area (Å²) in [5.41, 5.74) is 0.838. The van der Waals surface area contributed by atoms with Gasteiger partial charge in [-0.25, -0.2) is 0 Å². The highest BCUT2D eigenvalue weighted by Crippen LogP contribution is 2.45. The summed E-state index contributed by atoms with van der Waals surface area (Å²) in [5.74, 6) is 0.782. The minimum atomic E-state index is -0.733. The van der Waals surface area contributed by atoms with E-state index in [1.54, 1.807) is 49.5 Å². The number of esters is 2. The number of carbonyl (C=O) groups is 3. The Balaban J connectivity index is 1.87. The van der Waals surface area contributed by atoms with Crippen LogP contribution < -0.4 is 4.74 Å². The van der Waals surface area contributed by atoms with Gasteiger partial charge in [0.1, 0.15) is 23.0 Å². The van der Waals surface area contributed by atoms with Crippen molar-refractivity contribution in [2.45, 2.75) is 82.5 Å². The van der Waals surface area contributed by atoms with Gasteiger partial charge in [0.15, 0.2) is 5.78 Å². The van der Waals surface area contributed by atoms with E-state index in [1.807, 2.05) is 6.92 Å². The Morgan fingerprint density at radius 2 is 1.77 bits per heavy atom. The molecule has 0 spiro atoms. The summed E-state index contributed by atoms with van der Waals surface area (Å²) in [4.78, 5) is 35.0. The van der Waals surface area contributed by atoms with Crippen molar-refractivity contribution in [2.75, 3.05) is 37.9 Å². The fraction of sp³-hybridized carbons (Fsp3) is 0.679. The molecule has 2 rings (SSSR count). The molecule has 2 atom stereocenters. The maximum Gasteiger partial charge on any atom is 0.305 e. The SMILES string of the molecule is CCCc1c(OCC(O)CSCC2COC(CCC(=O)OCC)(CCC(=O)OCC)S2)ccc(C(C)=O)c1O. The van der Waals surface area contributed by atoms with Crippen LogP contribution in [-0.2, 0) is 30.2 Å². The van der Waals surface area contributed by atoms with Crippen molar-refractivity contribution >= 4 is 41.2 Å². The lowest BCUT2D eigenvalue weighted by Gasteiger charge is -2.27. The standard InChI is InChI=1S/C28H42O9S2/c1-5-8-23-24(10-9-22(19(4)29)27(23)33)36-15-20(30)17-38-18-21-16-37-28(39-21,13-11-25(31)34-6-2)14-12-26(32)35-7-3/h9-10,20-21,30,33H,5-8,11-18H2,1-4H3. The first-order valence-electron chi connectivity index (χ1n) is 13.5. The zero-order chi connectivity index (χ0) is 28.8. The Hall–Kier alpha value is -1.95. The number of Topliss-reactive ketones (excluding diaryl/α,β-unsaturated/α-hetero) is 1. The molecule has 0 amide bonds. The molecular formula is C28H42O9S2. The molecule has 0 aromatic heterocycles. The zero-order valence-electron chi connectivity index (χ0n) is 23.4. The number of phenols is 1. The molecule has 39 heavy (non-hydrogen) atoms. The normalized spacial score (nSPS) is 17.0. The van der Waals surface area contributed by atoms with Gasteiger partial charge in [0.05, 0.1) is 31.5 Å². The number of phenolic OH excluding ortho intramolecular Hbond substituents is 1. The predicted octanol–water partition coefficient (Wildman–Crippen LogP) is 4.54. The van der Waals surface area contributed by atoms with Gasteiger partial charge in [-0.15, -0.1) is 11.8 Å². The molecule has 1 saturated heterocycles. The topological polar surface area (TPSA) is 129 Å². The van der Waals surface area contributed by atoms with Gasteiger partial charge in [-0.05, 0) is 52.2 Å². The van der Waals surface area contributed by atoms with E-state index in [9.17, 15) is 24.6 Å². The van der Waals surface area contributed by atoms with E-state index in [2.05, 4.69) is 0 Å². The molecule has 9 nitrogen and oxygen atoms in total. The summed E-state index contributed by atoms with van der Waals surface area (Å²) in [5, 5.41) is 21.1. The minimum Gasteiger partial charge on any atom is -0.507 e. The lowest BCUT2D eigenvalue weighted by atomic mass is 10.0. The Bertz CT molecular complexity index is 931. The van der Waals surface area contributed by atoms with Gasteiger partial charge < -0.3 is 29.2 Å². The maximum absolute atomic E-state index is 11.9. The van der Waals surface area contributed by atoms with Crippen LogP contribution in [0.3, 0.4) is 0 Å². The van der Waals surface area contributed by atoms with Crippen molar-refractivity contribution in [3.63, 3.8) is 0 Å². The van der Waals surface area contributed by atoms with Gasteiger partial charge in [-0.1, -0.05) is 13.3 Å². The van der Waals surface area contributed by atoms with E-state index in [0.717, 1.165) is 12.2 Å². The van der Waals surface area contributed by atoms with Crippen LogP contribution >= 0.6 is 23.5 Å². The number of benzene rings is 1. The second kappa shape index (κ2) is 17.0. The van der Waals surface area contributed by atoms with Crippen molar-refractivity contribution in [1.82, 2.24) is 0 Å². The molecule has 220 valence electrons. The molecule has 2 N–H and O–H groups in total. The number of ketones is 1. The molecule has 0 aliphatic carbocycles. The third-order valence-electron chi connectivity index (χ3n) is 6.11. The molecule has 1 heterocycles. The molecule has 1 aromatic rings.